The van der Waals surface area contributed by atoms with E-state index in [1.165, 1.54) is 26.7 Å². The first-order valence-corrected chi connectivity index (χ1v) is 9.33. The van der Waals surface area contributed by atoms with Gasteiger partial charge in [-0.2, -0.15) is 0 Å². The van der Waals surface area contributed by atoms with Crippen LogP contribution in [0.3, 0.4) is 0 Å². The normalized spacial score (nSPS) is 21.7. The second kappa shape index (κ2) is 4.30. The number of halogens is 1. The monoisotopic (exact) mass is 368 g/mol. The molecule has 120 valence electrons. The molecule has 0 aromatic heterocycles. The van der Waals surface area contributed by atoms with Crippen molar-refractivity contribution in [2.24, 2.45) is 5.41 Å². The summed E-state index contributed by atoms with van der Waals surface area (Å²) in [6.45, 7) is 14.6. The molecular weight excluding hydrogens is 344 g/mol. The summed E-state index contributed by atoms with van der Waals surface area (Å²) in [5, 5.41) is 0. The molecule has 1 heteroatoms. The van der Waals surface area contributed by atoms with Crippen molar-refractivity contribution in [3.63, 3.8) is 0 Å². The molecule has 2 aliphatic rings. The molecule has 4 rings (SSSR count). The molecule has 0 radical (unpaired) electrons. The zero-order valence-electron chi connectivity index (χ0n) is 15.0. The van der Waals surface area contributed by atoms with E-state index in [9.17, 15) is 0 Å². The average Bonchev–Trinajstić information content (AvgIpc) is 2.86. The highest BCUT2D eigenvalue weighted by Crippen LogP contribution is 2.62. The molecule has 0 bridgehead atoms. The lowest BCUT2D eigenvalue weighted by atomic mass is 9.59. The highest BCUT2D eigenvalue weighted by atomic mass is 79.9. The van der Waals surface area contributed by atoms with Gasteiger partial charge in [0.25, 0.3) is 0 Å². The maximum atomic E-state index is 3.64. The summed E-state index contributed by atoms with van der Waals surface area (Å²) in [6.07, 6.45) is 1.07. The second-order valence-corrected chi connectivity index (χ2v) is 9.82. The smallest absolute Gasteiger partial charge is 0.0181 e. The van der Waals surface area contributed by atoms with Crippen LogP contribution < -0.4 is 0 Å². The lowest BCUT2D eigenvalue weighted by Gasteiger charge is -2.44. The van der Waals surface area contributed by atoms with Crippen molar-refractivity contribution in [3.8, 4) is 11.1 Å². The Labute approximate surface area is 148 Å². The van der Waals surface area contributed by atoms with Gasteiger partial charge in [-0.15, -0.1) is 0 Å². The van der Waals surface area contributed by atoms with Gasteiger partial charge in [0.05, 0.1) is 0 Å². The van der Waals surface area contributed by atoms with Gasteiger partial charge in [0.1, 0.15) is 0 Å². The molecule has 0 unspecified atom stereocenters. The zero-order valence-corrected chi connectivity index (χ0v) is 16.6. The van der Waals surface area contributed by atoms with Crippen LogP contribution in [0.1, 0.15) is 63.8 Å². The van der Waals surface area contributed by atoms with Gasteiger partial charge in [-0.3, -0.25) is 0 Å². The maximum absolute atomic E-state index is 3.64. The van der Waals surface area contributed by atoms with E-state index < -0.39 is 0 Å². The van der Waals surface area contributed by atoms with Crippen LogP contribution in [0.15, 0.2) is 34.8 Å². The van der Waals surface area contributed by atoms with Gasteiger partial charge in [-0.05, 0) is 74.2 Å². The molecule has 23 heavy (non-hydrogen) atoms. The molecule has 0 amide bonds. The van der Waals surface area contributed by atoms with Crippen LogP contribution in [0.2, 0.25) is 0 Å². The van der Waals surface area contributed by atoms with Crippen molar-refractivity contribution in [1.82, 2.24) is 0 Å². The summed E-state index contributed by atoms with van der Waals surface area (Å²) < 4.78 is 1.17. The van der Waals surface area contributed by atoms with Crippen molar-refractivity contribution in [2.45, 2.75) is 58.8 Å². The highest BCUT2D eigenvalue weighted by molar-refractivity contribution is 9.10. The molecule has 0 heterocycles. The lowest BCUT2D eigenvalue weighted by Crippen LogP contribution is -2.42. The molecule has 0 saturated heterocycles. The Hall–Kier alpha value is -1.08. The molecule has 0 fully saturated rings. The quantitative estimate of drug-likeness (QED) is 0.418. The van der Waals surface area contributed by atoms with Gasteiger partial charge < -0.3 is 0 Å². The fourth-order valence-electron chi connectivity index (χ4n) is 4.69. The standard InChI is InChI=1S/C22H25Br/c1-20(2)18-10-14-9-13-7-8-15(23)11-16(13)17(14)12-19(18)21(3,4)22(20,5)6/h7-8,10-12H,9H2,1-6H3. The molecule has 0 nitrogen and oxygen atoms in total. The first kappa shape index (κ1) is 15.4. The molecule has 0 spiro atoms. The summed E-state index contributed by atoms with van der Waals surface area (Å²) in [7, 11) is 0. The first-order chi connectivity index (χ1) is 10.6. The maximum Gasteiger partial charge on any atom is 0.0181 e. The molecule has 0 atom stereocenters. The van der Waals surface area contributed by atoms with E-state index >= 15 is 0 Å². The van der Waals surface area contributed by atoms with Crippen LogP contribution in [-0.2, 0) is 17.3 Å². The zero-order chi connectivity index (χ0) is 16.8. The van der Waals surface area contributed by atoms with Crippen molar-refractivity contribution in [3.05, 3.63) is 57.1 Å². The Morgan fingerprint density at radius 2 is 1.30 bits per heavy atom. The number of hydrogen-bond acceptors (Lipinski definition) is 0. The predicted molar refractivity (Wildman–Crippen MR) is 102 cm³/mol. The average molecular weight is 369 g/mol. The molecule has 0 N–H and O–H groups in total. The number of benzene rings is 2. The topological polar surface area (TPSA) is 0 Å². The summed E-state index contributed by atoms with van der Waals surface area (Å²) in [6, 6.07) is 11.7. The van der Waals surface area contributed by atoms with Gasteiger partial charge in [0.15, 0.2) is 0 Å². The third-order valence-electron chi connectivity index (χ3n) is 7.46. The van der Waals surface area contributed by atoms with Crippen molar-refractivity contribution >= 4 is 15.9 Å². The van der Waals surface area contributed by atoms with E-state index in [1.54, 1.807) is 11.1 Å². The van der Waals surface area contributed by atoms with Crippen molar-refractivity contribution in [2.75, 3.05) is 0 Å². The fraction of sp³-hybridized carbons (Fsp3) is 0.455. The molecule has 0 aliphatic heterocycles. The Balaban J connectivity index is 2.01. The molecule has 2 aromatic carbocycles. The van der Waals surface area contributed by atoms with E-state index in [4.69, 9.17) is 0 Å². The Morgan fingerprint density at radius 1 is 0.739 bits per heavy atom. The largest absolute Gasteiger partial charge is 0.0582 e. The van der Waals surface area contributed by atoms with Gasteiger partial charge in [-0.1, -0.05) is 69.6 Å². The minimum absolute atomic E-state index is 0.176. The predicted octanol–water partition coefficient (Wildman–Crippen LogP) is 6.62. The van der Waals surface area contributed by atoms with Crippen LogP contribution >= 0.6 is 15.9 Å². The van der Waals surface area contributed by atoms with Crippen LogP contribution in [0.5, 0.6) is 0 Å². The molecule has 0 saturated carbocycles. The van der Waals surface area contributed by atoms with E-state index in [0.717, 1.165) is 6.42 Å². The fourth-order valence-corrected chi connectivity index (χ4v) is 5.05. The number of fused-ring (bicyclic) bond motifs is 4. The summed E-state index contributed by atoms with van der Waals surface area (Å²) in [5.41, 5.74) is 9.51. The van der Waals surface area contributed by atoms with Crippen molar-refractivity contribution in [1.29, 1.82) is 0 Å². The van der Waals surface area contributed by atoms with Crippen molar-refractivity contribution < 1.29 is 0 Å². The van der Waals surface area contributed by atoms with Crippen LogP contribution in [0.25, 0.3) is 11.1 Å². The third kappa shape index (κ3) is 1.72. The number of hydrogen-bond donors (Lipinski definition) is 0. The van der Waals surface area contributed by atoms with Crippen LogP contribution in [0, 0.1) is 5.41 Å². The Morgan fingerprint density at radius 3 is 1.96 bits per heavy atom. The minimum atomic E-state index is 0.176. The second-order valence-electron chi connectivity index (χ2n) is 8.91. The lowest BCUT2D eigenvalue weighted by molar-refractivity contribution is 0.125. The van der Waals surface area contributed by atoms with E-state index in [1.807, 2.05) is 0 Å². The summed E-state index contributed by atoms with van der Waals surface area (Å²) in [4.78, 5) is 0. The Kier molecular flexibility index (Phi) is 2.89. The first-order valence-electron chi connectivity index (χ1n) is 8.54. The van der Waals surface area contributed by atoms with E-state index in [-0.39, 0.29) is 16.2 Å². The van der Waals surface area contributed by atoms with Gasteiger partial charge in [0.2, 0.25) is 0 Å². The third-order valence-corrected chi connectivity index (χ3v) is 7.95. The summed E-state index contributed by atoms with van der Waals surface area (Å²) in [5.74, 6) is 0. The SMILES string of the molecule is CC1(C)c2cc3c(cc2C(C)(C)C1(C)C)-c1cc(Br)ccc1C3. The summed E-state index contributed by atoms with van der Waals surface area (Å²) >= 11 is 3.64. The minimum Gasteiger partial charge on any atom is -0.0582 e. The van der Waals surface area contributed by atoms with E-state index in [0.29, 0.717) is 0 Å². The van der Waals surface area contributed by atoms with Gasteiger partial charge >= 0.3 is 0 Å². The van der Waals surface area contributed by atoms with E-state index in [2.05, 4.69) is 87.8 Å². The Bertz CT molecular complexity index is 837. The molecule has 2 aromatic rings. The highest BCUT2D eigenvalue weighted by Gasteiger charge is 2.57. The molecule has 2 aliphatic carbocycles. The van der Waals surface area contributed by atoms with Gasteiger partial charge in [0, 0.05) is 4.47 Å². The molecular formula is C22H25Br. The van der Waals surface area contributed by atoms with Gasteiger partial charge in [-0.25, -0.2) is 0 Å². The van der Waals surface area contributed by atoms with Crippen LogP contribution in [0.4, 0.5) is 0 Å². The van der Waals surface area contributed by atoms with Crippen LogP contribution in [-0.4, -0.2) is 0 Å². The number of rotatable bonds is 0.